The van der Waals surface area contributed by atoms with Crippen molar-refractivity contribution in [2.24, 2.45) is 0 Å². The number of carbonyl (C=O) groups is 1. The quantitative estimate of drug-likeness (QED) is 0.420. The van der Waals surface area contributed by atoms with E-state index in [1.807, 2.05) is 6.07 Å². The van der Waals surface area contributed by atoms with Gasteiger partial charge < -0.3 is 19.5 Å². The van der Waals surface area contributed by atoms with Gasteiger partial charge in [-0.3, -0.25) is 4.79 Å². The molecule has 5 heteroatoms. The second-order valence-corrected chi connectivity index (χ2v) is 8.86. The van der Waals surface area contributed by atoms with Gasteiger partial charge in [0, 0.05) is 12.2 Å². The van der Waals surface area contributed by atoms with Crippen LogP contribution in [0.25, 0.3) is 11.1 Å². The van der Waals surface area contributed by atoms with Crippen LogP contribution in [0.3, 0.4) is 0 Å². The van der Waals surface area contributed by atoms with E-state index in [0.717, 1.165) is 46.5 Å². The minimum Gasteiger partial charge on any atom is -0.496 e. The molecule has 0 saturated heterocycles. The lowest BCUT2D eigenvalue weighted by atomic mass is 9.95. The summed E-state index contributed by atoms with van der Waals surface area (Å²) in [7, 11) is 3.12. The van der Waals surface area contributed by atoms with Crippen molar-refractivity contribution < 1.29 is 19.0 Å². The lowest BCUT2D eigenvalue weighted by Crippen LogP contribution is -2.13. The normalized spacial score (nSPS) is 12.9. The molecule has 178 valence electrons. The molecule has 0 spiro atoms. The first-order chi connectivity index (χ1) is 16.5. The van der Waals surface area contributed by atoms with Gasteiger partial charge in [-0.1, -0.05) is 36.4 Å². The van der Waals surface area contributed by atoms with Gasteiger partial charge in [-0.05, 0) is 83.8 Å². The van der Waals surface area contributed by atoms with Crippen molar-refractivity contribution in [2.45, 2.75) is 45.8 Å². The number of hydrogen-bond acceptors (Lipinski definition) is 5. The van der Waals surface area contributed by atoms with Crippen LogP contribution < -0.4 is 10.1 Å². The number of aryl methyl sites for hydroxylation is 1. The summed E-state index contributed by atoms with van der Waals surface area (Å²) in [6.07, 6.45) is 2.38. The first-order valence-electron chi connectivity index (χ1n) is 11.8. The first kappa shape index (κ1) is 23.8. The number of carbonyl (C=O) groups excluding carboxylic acids is 1. The van der Waals surface area contributed by atoms with E-state index in [2.05, 4.69) is 67.7 Å². The van der Waals surface area contributed by atoms with Crippen LogP contribution in [0, 0.1) is 13.8 Å². The molecule has 0 bridgehead atoms. The summed E-state index contributed by atoms with van der Waals surface area (Å²) in [5, 5.41) is 3.33. The van der Waals surface area contributed by atoms with Crippen molar-refractivity contribution in [2.75, 3.05) is 26.1 Å². The zero-order valence-corrected chi connectivity index (χ0v) is 20.4. The average Bonchev–Trinajstić information content (AvgIpc) is 3.27. The van der Waals surface area contributed by atoms with Gasteiger partial charge >= 0.3 is 5.97 Å². The van der Waals surface area contributed by atoms with E-state index in [4.69, 9.17) is 14.2 Å². The third-order valence-electron chi connectivity index (χ3n) is 6.63. The molecule has 0 radical (unpaired) electrons. The molecule has 1 N–H and O–H groups in total. The van der Waals surface area contributed by atoms with Crippen LogP contribution in [0.2, 0.25) is 0 Å². The van der Waals surface area contributed by atoms with Crippen LogP contribution in [0.4, 0.5) is 5.69 Å². The Morgan fingerprint density at radius 2 is 1.74 bits per heavy atom. The Kier molecular flexibility index (Phi) is 7.53. The molecule has 0 unspecified atom stereocenters. The molecule has 34 heavy (non-hydrogen) atoms. The lowest BCUT2D eigenvalue weighted by molar-refractivity contribution is -0.140. The summed E-state index contributed by atoms with van der Waals surface area (Å²) >= 11 is 0. The topological polar surface area (TPSA) is 56.8 Å². The smallest absolute Gasteiger partial charge is 0.307 e. The molecule has 0 fully saturated rings. The monoisotopic (exact) mass is 459 g/mol. The van der Waals surface area contributed by atoms with Gasteiger partial charge in [0.05, 0.1) is 33.4 Å². The highest BCUT2D eigenvalue weighted by molar-refractivity contribution is 5.73. The number of methoxy groups -OCH3 is 2. The van der Waals surface area contributed by atoms with Crippen molar-refractivity contribution >= 4 is 11.7 Å². The fourth-order valence-corrected chi connectivity index (χ4v) is 4.55. The summed E-state index contributed by atoms with van der Waals surface area (Å²) in [5.41, 5.74) is 9.38. The summed E-state index contributed by atoms with van der Waals surface area (Å²) in [4.78, 5) is 11.5. The number of fused-ring (bicyclic) bond motifs is 1. The molecular formula is C29H33NO4. The van der Waals surface area contributed by atoms with E-state index in [1.165, 1.54) is 23.8 Å². The number of rotatable bonds is 9. The predicted molar refractivity (Wildman–Crippen MR) is 135 cm³/mol. The molecular weight excluding hydrogens is 426 g/mol. The summed E-state index contributed by atoms with van der Waals surface area (Å²) in [6, 6.07) is 19.1. The third-order valence-corrected chi connectivity index (χ3v) is 6.63. The Hall–Kier alpha value is -3.31. The minimum atomic E-state index is -0.226. The Balaban J connectivity index is 1.58. The molecule has 0 amide bonds. The van der Waals surface area contributed by atoms with Gasteiger partial charge in [-0.25, -0.2) is 0 Å². The zero-order valence-electron chi connectivity index (χ0n) is 20.4. The Morgan fingerprint density at radius 1 is 1.00 bits per heavy atom. The van der Waals surface area contributed by atoms with E-state index >= 15 is 0 Å². The number of esters is 1. The minimum absolute atomic E-state index is 0.176. The Bertz CT molecular complexity index is 1150. The van der Waals surface area contributed by atoms with Crippen molar-refractivity contribution in [1.82, 2.24) is 0 Å². The van der Waals surface area contributed by atoms with E-state index in [1.54, 1.807) is 7.11 Å². The Morgan fingerprint density at radius 3 is 2.41 bits per heavy atom. The second kappa shape index (κ2) is 10.7. The van der Waals surface area contributed by atoms with Crippen LogP contribution in [0.5, 0.6) is 5.75 Å². The molecule has 0 aliphatic heterocycles. The van der Waals surface area contributed by atoms with E-state index in [0.29, 0.717) is 19.6 Å². The maximum atomic E-state index is 11.5. The molecule has 3 aromatic rings. The third kappa shape index (κ3) is 5.42. The number of nitrogens with one attached hydrogen (secondary N) is 1. The van der Waals surface area contributed by atoms with Gasteiger partial charge in [-0.2, -0.15) is 0 Å². The van der Waals surface area contributed by atoms with Crippen molar-refractivity contribution in [3.63, 3.8) is 0 Å². The summed E-state index contributed by atoms with van der Waals surface area (Å²) in [5.74, 6) is 0.657. The molecule has 0 atom stereocenters. The van der Waals surface area contributed by atoms with E-state index in [-0.39, 0.29) is 12.1 Å². The SMILES string of the molecule is COC(=O)CCNc1ccc(-c2cc(C)c(C)c(OC)c2)c(COC2Cc3ccccc3C2)c1. The highest BCUT2D eigenvalue weighted by Crippen LogP contribution is 2.34. The van der Waals surface area contributed by atoms with E-state index in [9.17, 15) is 4.79 Å². The van der Waals surface area contributed by atoms with Gasteiger partial charge in [0.2, 0.25) is 0 Å². The molecule has 1 aliphatic carbocycles. The van der Waals surface area contributed by atoms with Gasteiger partial charge in [0.15, 0.2) is 0 Å². The molecule has 4 rings (SSSR count). The van der Waals surface area contributed by atoms with Crippen molar-refractivity contribution in [3.8, 4) is 16.9 Å². The van der Waals surface area contributed by atoms with Crippen LogP contribution in [0.1, 0.15) is 34.2 Å². The maximum Gasteiger partial charge on any atom is 0.307 e. The van der Waals surface area contributed by atoms with Gasteiger partial charge in [0.1, 0.15) is 5.75 Å². The van der Waals surface area contributed by atoms with E-state index < -0.39 is 0 Å². The highest BCUT2D eigenvalue weighted by atomic mass is 16.5. The first-order valence-corrected chi connectivity index (χ1v) is 11.8. The lowest BCUT2D eigenvalue weighted by Gasteiger charge is -2.18. The summed E-state index contributed by atoms with van der Waals surface area (Å²) in [6.45, 7) is 5.21. The van der Waals surface area contributed by atoms with Gasteiger partial charge in [0.25, 0.3) is 0 Å². The van der Waals surface area contributed by atoms with Crippen LogP contribution in [-0.4, -0.2) is 32.8 Å². The molecule has 3 aromatic carbocycles. The predicted octanol–water partition coefficient (Wildman–Crippen LogP) is 5.64. The highest BCUT2D eigenvalue weighted by Gasteiger charge is 2.22. The maximum absolute atomic E-state index is 11.5. The molecule has 0 heterocycles. The summed E-state index contributed by atoms with van der Waals surface area (Å²) < 4.78 is 16.8. The van der Waals surface area contributed by atoms with Crippen LogP contribution in [-0.2, 0) is 33.7 Å². The van der Waals surface area contributed by atoms with Crippen LogP contribution in [0.15, 0.2) is 54.6 Å². The molecule has 0 aromatic heterocycles. The number of benzene rings is 3. The second-order valence-electron chi connectivity index (χ2n) is 8.86. The largest absolute Gasteiger partial charge is 0.496 e. The standard InChI is InChI=1S/C29H33NO4/c1-19-13-23(17-28(32-3)20(19)2)27-10-9-25(30-12-11-29(31)33-4)14-24(27)18-34-26-15-21-7-5-6-8-22(21)16-26/h5-10,13-14,17,26,30H,11-12,15-16,18H2,1-4H3. The molecule has 5 nitrogen and oxygen atoms in total. The zero-order chi connectivity index (χ0) is 24.1. The number of ether oxygens (including phenoxy) is 3. The van der Waals surface area contributed by atoms with Crippen molar-refractivity contribution in [1.29, 1.82) is 0 Å². The number of anilines is 1. The van der Waals surface area contributed by atoms with Crippen LogP contribution >= 0.6 is 0 Å². The van der Waals surface area contributed by atoms with Crippen molar-refractivity contribution in [3.05, 3.63) is 82.4 Å². The fraction of sp³-hybridized carbons (Fsp3) is 0.345. The average molecular weight is 460 g/mol. The van der Waals surface area contributed by atoms with Gasteiger partial charge in [-0.15, -0.1) is 0 Å². The fourth-order valence-electron chi connectivity index (χ4n) is 4.55. The molecule has 0 saturated carbocycles. The number of hydrogen-bond donors (Lipinski definition) is 1. The molecule has 1 aliphatic rings. The Labute approximate surface area is 202 Å².